The highest BCUT2D eigenvalue weighted by Crippen LogP contribution is 2.55. The largest absolute Gasteiger partial charge is 0.244 e. The SMILES string of the molecule is N#CC12C=CCC=C1CN(S(=O)(=O)c1ccccc1)C2c1ccccc1Cl. The molecule has 0 radical (unpaired) electrons. The molecule has 2 unspecified atom stereocenters. The second kappa shape index (κ2) is 6.65. The van der Waals surface area contributed by atoms with Gasteiger partial charge < -0.3 is 0 Å². The van der Waals surface area contributed by atoms with Gasteiger partial charge in [0.25, 0.3) is 0 Å². The average Bonchev–Trinajstić information content (AvgIpc) is 3.05. The van der Waals surface area contributed by atoms with Gasteiger partial charge in [-0.15, -0.1) is 0 Å². The number of sulfonamides is 1. The predicted molar refractivity (Wildman–Crippen MR) is 104 cm³/mol. The van der Waals surface area contributed by atoms with Crippen LogP contribution in [0.25, 0.3) is 0 Å². The molecule has 136 valence electrons. The van der Waals surface area contributed by atoms with Crippen molar-refractivity contribution >= 4 is 21.6 Å². The Kier molecular flexibility index (Phi) is 4.43. The average molecular weight is 397 g/mol. The van der Waals surface area contributed by atoms with Crippen LogP contribution in [0.1, 0.15) is 18.0 Å². The number of hydrogen-bond donors (Lipinski definition) is 0. The Balaban J connectivity index is 1.95. The highest BCUT2D eigenvalue weighted by Gasteiger charge is 2.55. The number of fused-ring (bicyclic) bond motifs is 1. The van der Waals surface area contributed by atoms with Crippen LogP contribution in [0, 0.1) is 16.7 Å². The third-order valence-corrected chi connectivity index (χ3v) is 7.36. The van der Waals surface area contributed by atoms with Gasteiger partial charge in [0.05, 0.1) is 17.0 Å². The number of allylic oxidation sites excluding steroid dienone is 2. The molecule has 0 N–H and O–H groups in total. The van der Waals surface area contributed by atoms with Gasteiger partial charge in [0.15, 0.2) is 0 Å². The second-order valence-corrected chi connectivity index (χ2v) is 8.93. The molecule has 27 heavy (non-hydrogen) atoms. The van der Waals surface area contributed by atoms with E-state index in [0.29, 0.717) is 17.0 Å². The number of rotatable bonds is 3. The molecule has 2 aromatic rings. The van der Waals surface area contributed by atoms with Gasteiger partial charge in [0, 0.05) is 11.6 Å². The van der Waals surface area contributed by atoms with Crippen molar-refractivity contribution in [1.29, 1.82) is 5.26 Å². The quantitative estimate of drug-likeness (QED) is 0.718. The first-order valence-electron chi connectivity index (χ1n) is 8.60. The van der Waals surface area contributed by atoms with Crippen LogP contribution in [0.3, 0.4) is 0 Å². The number of halogens is 1. The van der Waals surface area contributed by atoms with Crippen LogP contribution in [0.2, 0.25) is 5.02 Å². The molecule has 1 fully saturated rings. The van der Waals surface area contributed by atoms with E-state index in [0.717, 1.165) is 5.57 Å². The van der Waals surface area contributed by atoms with Crippen LogP contribution in [-0.4, -0.2) is 19.3 Å². The molecule has 0 amide bonds. The van der Waals surface area contributed by atoms with E-state index in [-0.39, 0.29) is 11.4 Å². The molecule has 1 aliphatic carbocycles. The zero-order chi connectivity index (χ0) is 19.1. The molecule has 0 spiro atoms. The molecule has 4 nitrogen and oxygen atoms in total. The van der Waals surface area contributed by atoms with Crippen molar-refractivity contribution < 1.29 is 8.42 Å². The summed E-state index contributed by atoms with van der Waals surface area (Å²) in [6.45, 7) is 0.172. The van der Waals surface area contributed by atoms with Crippen molar-refractivity contribution in [3.05, 3.63) is 89.0 Å². The van der Waals surface area contributed by atoms with Crippen LogP contribution in [-0.2, 0) is 10.0 Å². The van der Waals surface area contributed by atoms with Crippen molar-refractivity contribution in [3.8, 4) is 6.07 Å². The van der Waals surface area contributed by atoms with Gasteiger partial charge in [-0.05, 0) is 35.8 Å². The van der Waals surface area contributed by atoms with E-state index in [1.54, 1.807) is 48.5 Å². The highest BCUT2D eigenvalue weighted by molar-refractivity contribution is 7.89. The zero-order valence-corrected chi connectivity index (χ0v) is 16.0. The Morgan fingerprint density at radius 1 is 1.11 bits per heavy atom. The first-order valence-corrected chi connectivity index (χ1v) is 10.4. The Hall–Kier alpha value is -2.39. The summed E-state index contributed by atoms with van der Waals surface area (Å²) < 4.78 is 28.3. The fraction of sp³-hybridized carbons (Fsp3) is 0.190. The maximum atomic E-state index is 13.5. The molecular formula is C21H17ClN2O2S. The van der Waals surface area contributed by atoms with Crippen molar-refractivity contribution in [2.75, 3.05) is 6.54 Å². The normalized spacial score (nSPS) is 24.9. The van der Waals surface area contributed by atoms with Crippen LogP contribution in [0.4, 0.5) is 0 Å². The smallest absolute Gasteiger partial charge is 0.207 e. The van der Waals surface area contributed by atoms with Crippen LogP contribution in [0.5, 0.6) is 0 Å². The van der Waals surface area contributed by atoms with E-state index in [9.17, 15) is 13.7 Å². The van der Waals surface area contributed by atoms with Crippen molar-refractivity contribution in [2.24, 2.45) is 5.41 Å². The van der Waals surface area contributed by atoms with Crippen LogP contribution < -0.4 is 0 Å². The molecule has 2 aliphatic rings. The number of nitrogens with zero attached hydrogens (tertiary/aromatic N) is 2. The summed E-state index contributed by atoms with van der Waals surface area (Å²) in [5.74, 6) is 0. The van der Waals surface area contributed by atoms with Gasteiger partial charge in [-0.25, -0.2) is 8.42 Å². The van der Waals surface area contributed by atoms with Gasteiger partial charge in [0.1, 0.15) is 5.41 Å². The first-order chi connectivity index (χ1) is 13.0. The van der Waals surface area contributed by atoms with E-state index >= 15 is 0 Å². The molecular weight excluding hydrogens is 380 g/mol. The van der Waals surface area contributed by atoms with E-state index in [1.165, 1.54) is 4.31 Å². The lowest BCUT2D eigenvalue weighted by atomic mass is 9.73. The summed E-state index contributed by atoms with van der Waals surface area (Å²) >= 11 is 6.44. The summed E-state index contributed by atoms with van der Waals surface area (Å²) in [4.78, 5) is 0.207. The van der Waals surface area contributed by atoms with E-state index in [2.05, 4.69) is 6.07 Å². The molecule has 1 aliphatic heterocycles. The van der Waals surface area contributed by atoms with Crippen LogP contribution >= 0.6 is 11.6 Å². The fourth-order valence-electron chi connectivity index (χ4n) is 3.91. The van der Waals surface area contributed by atoms with E-state index in [1.807, 2.05) is 24.3 Å². The minimum Gasteiger partial charge on any atom is -0.207 e. The maximum absolute atomic E-state index is 13.5. The molecule has 1 heterocycles. The minimum absolute atomic E-state index is 0.172. The molecule has 2 aromatic carbocycles. The third kappa shape index (κ3) is 2.72. The van der Waals surface area contributed by atoms with Gasteiger partial charge >= 0.3 is 0 Å². The summed E-state index contributed by atoms with van der Waals surface area (Å²) in [6, 6.07) is 17.1. The van der Waals surface area contributed by atoms with E-state index < -0.39 is 21.5 Å². The lowest BCUT2D eigenvalue weighted by Crippen LogP contribution is -2.35. The molecule has 2 atom stereocenters. The predicted octanol–water partition coefficient (Wildman–Crippen LogP) is 4.48. The van der Waals surface area contributed by atoms with Gasteiger partial charge in [-0.1, -0.05) is 66.2 Å². The topological polar surface area (TPSA) is 61.2 Å². The Morgan fingerprint density at radius 3 is 2.52 bits per heavy atom. The minimum atomic E-state index is -3.81. The van der Waals surface area contributed by atoms with Gasteiger partial charge in [-0.2, -0.15) is 9.57 Å². The zero-order valence-electron chi connectivity index (χ0n) is 14.4. The summed E-state index contributed by atoms with van der Waals surface area (Å²) in [7, 11) is -3.81. The van der Waals surface area contributed by atoms with Crippen molar-refractivity contribution in [2.45, 2.75) is 17.4 Å². The summed E-state index contributed by atoms with van der Waals surface area (Å²) in [5, 5.41) is 10.6. The summed E-state index contributed by atoms with van der Waals surface area (Å²) in [6.07, 6.45) is 6.38. The fourth-order valence-corrected chi connectivity index (χ4v) is 5.79. The van der Waals surface area contributed by atoms with Gasteiger partial charge in [-0.3, -0.25) is 0 Å². The molecule has 1 saturated heterocycles. The third-order valence-electron chi connectivity index (χ3n) is 5.19. The van der Waals surface area contributed by atoms with Crippen molar-refractivity contribution in [1.82, 2.24) is 4.31 Å². The lowest BCUT2D eigenvalue weighted by molar-refractivity contribution is 0.335. The number of hydrogen-bond acceptors (Lipinski definition) is 3. The number of nitriles is 1. The monoisotopic (exact) mass is 396 g/mol. The Bertz CT molecular complexity index is 1090. The molecule has 0 saturated carbocycles. The van der Waals surface area contributed by atoms with Gasteiger partial charge in [0.2, 0.25) is 10.0 Å². The molecule has 4 rings (SSSR count). The van der Waals surface area contributed by atoms with Crippen molar-refractivity contribution in [3.63, 3.8) is 0 Å². The summed E-state index contributed by atoms with van der Waals surface area (Å²) in [5.41, 5.74) is 0.387. The van der Waals surface area contributed by atoms with Crippen LogP contribution in [0.15, 0.2) is 83.3 Å². The molecule has 6 heteroatoms. The second-order valence-electron chi connectivity index (χ2n) is 6.64. The number of benzene rings is 2. The molecule has 0 aromatic heterocycles. The molecule has 0 bridgehead atoms. The Morgan fingerprint density at radius 2 is 1.81 bits per heavy atom. The Labute approximate surface area is 164 Å². The van der Waals surface area contributed by atoms with E-state index in [4.69, 9.17) is 11.6 Å². The maximum Gasteiger partial charge on any atom is 0.244 e. The lowest BCUT2D eigenvalue weighted by Gasteiger charge is -2.32. The highest BCUT2D eigenvalue weighted by atomic mass is 35.5. The standard InChI is InChI=1S/C21H17ClN2O2S/c22-19-12-5-4-11-18(19)20-21(15-23)13-7-6-8-16(21)14-24(20)27(25,26)17-9-2-1-3-10-17/h1-5,7-13,20H,6,14H2. The first kappa shape index (κ1) is 18.0.